The summed E-state index contributed by atoms with van der Waals surface area (Å²) in [5, 5.41) is 0. The van der Waals surface area contributed by atoms with E-state index in [1.807, 2.05) is 30.3 Å². The van der Waals surface area contributed by atoms with Crippen LogP contribution in [0.1, 0.15) is 54.4 Å². The number of hydrogen-bond donors (Lipinski definition) is 1. The van der Waals surface area contributed by atoms with Crippen LogP contribution in [-0.4, -0.2) is 43.3 Å². The number of anilines is 1. The molecule has 2 fully saturated rings. The smallest absolute Gasteiger partial charge is 0.267 e. The fraction of sp³-hybridized carbons (Fsp3) is 0.407. The lowest BCUT2D eigenvalue weighted by Gasteiger charge is -2.44. The van der Waals surface area contributed by atoms with Gasteiger partial charge in [0.05, 0.1) is 12.0 Å². The lowest BCUT2D eigenvalue weighted by molar-refractivity contribution is -0.198. The number of hydroxylamine groups is 1. The molecule has 1 unspecified atom stereocenters. The molecular formula is C27H30N2O5. The SMILES string of the molecule is O=C(/C=C/c1ccc2c(c1)C(=O)CC1(CCN(c3ccccc3)CC1)O2)NOC1CCCCO1. The van der Waals surface area contributed by atoms with Gasteiger partial charge in [-0.3, -0.25) is 9.59 Å². The van der Waals surface area contributed by atoms with E-state index in [2.05, 4.69) is 22.5 Å². The summed E-state index contributed by atoms with van der Waals surface area (Å²) in [6, 6.07) is 15.8. The number of ether oxygens (including phenoxy) is 2. The van der Waals surface area contributed by atoms with Crippen molar-refractivity contribution in [2.75, 3.05) is 24.6 Å². The summed E-state index contributed by atoms with van der Waals surface area (Å²) in [6.45, 7) is 2.36. The average Bonchev–Trinajstić information content (AvgIpc) is 2.88. The Balaban J connectivity index is 1.19. The van der Waals surface area contributed by atoms with Crippen molar-refractivity contribution in [2.45, 2.75) is 50.4 Å². The second-order valence-corrected chi connectivity index (χ2v) is 9.18. The molecule has 2 saturated heterocycles. The van der Waals surface area contributed by atoms with E-state index in [1.54, 1.807) is 12.1 Å². The van der Waals surface area contributed by atoms with Gasteiger partial charge in [0.15, 0.2) is 12.1 Å². The van der Waals surface area contributed by atoms with E-state index < -0.39 is 11.9 Å². The van der Waals surface area contributed by atoms with Crippen LogP contribution < -0.4 is 15.1 Å². The van der Waals surface area contributed by atoms with Gasteiger partial charge in [-0.25, -0.2) is 10.3 Å². The summed E-state index contributed by atoms with van der Waals surface area (Å²) >= 11 is 0. The van der Waals surface area contributed by atoms with E-state index in [0.717, 1.165) is 50.8 Å². The molecule has 1 N–H and O–H groups in total. The standard InChI is InChI=1S/C27H30N2O5/c30-23-19-27(13-15-29(16-14-27)21-6-2-1-3-7-21)33-24-11-9-20(18-22(23)24)10-12-25(31)28-34-26-8-4-5-17-32-26/h1-3,6-7,9-12,18,26H,4-5,8,13-17,19H2,(H,28,31)/b12-10+. The number of rotatable bonds is 5. The number of fused-ring (bicyclic) bond motifs is 1. The van der Waals surface area contributed by atoms with Gasteiger partial charge in [0, 0.05) is 50.7 Å². The molecule has 0 aromatic heterocycles. The predicted octanol–water partition coefficient (Wildman–Crippen LogP) is 4.28. The van der Waals surface area contributed by atoms with Crippen molar-refractivity contribution in [1.82, 2.24) is 5.48 Å². The van der Waals surface area contributed by atoms with Crippen LogP contribution in [0, 0.1) is 0 Å². The van der Waals surface area contributed by atoms with Gasteiger partial charge in [0.25, 0.3) is 5.91 Å². The topological polar surface area (TPSA) is 77.1 Å². The van der Waals surface area contributed by atoms with Gasteiger partial charge in [0.2, 0.25) is 0 Å². The Kier molecular flexibility index (Phi) is 6.65. The first-order valence-corrected chi connectivity index (χ1v) is 12.0. The van der Waals surface area contributed by atoms with E-state index in [4.69, 9.17) is 14.3 Å². The summed E-state index contributed by atoms with van der Waals surface area (Å²) in [6.07, 6.45) is 7.45. The quantitative estimate of drug-likeness (QED) is 0.528. The minimum atomic E-state index is -0.439. The number of benzene rings is 2. The van der Waals surface area contributed by atoms with Gasteiger partial charge >= 0.3 is 0 Å². The third-order valence-corrected chi connectivity index (χ3v) is 6.77. The first kappa shape index (κ1) is 22.6. The van der Waals surface area contributed by atoms with Crippen LogP contribution in [0.15, 0.2) is 54.6 Å². The maximum Gasteiger partial charge on any atom is 0.267 e. The highest BCUT2D eigenvalue weighted by Crippen LogP contribution is 2.40. The van der Waals surface area contributed by atoms with E-state index >= 15 is 0 Å². The van der Waals surface area contributed by atoms with Crippen LogP contribution in [0.5, 0.6) is 5.75 Å². The second kappa shape index (κ2) is 9.99. The third kappa shape index (κ3) is 5.16. The van der Waals surface area contributed by atoms with Crippen molar-refractivity contribution in [1.29, 1.82) is 0 Å². The summed E-state index contributed by atoms with van der Waals surface area (Å²) in [5.74, 6) is 0.342. The zero-order valence-corrected chi connectivity index (χ0v) is 19.2. The molecule has 0 radical (unpaired) electrons. The Bertz CT molecular complexity index is 1050. The van der Waals surface area contributed by atoms with E-state index in [-0.39, 0.29) is 11.7 Å². The van der Waals surface area contributed by atoms with Crippen molar-refractivity contribution in [3.8, 4) is 5.75 Å². The first-order chi connectivity index (χ1) is 16.6. The molecule has 0 aliphatic carbocycles. The molecule has 0 bridgehead atoms. The lowest BCUT2D eigenvalue weighted by atomic mass is 9.82. The molecule has 3 heterocycles. The first-order valence-electron chi connectivity index (χ1n) is 12.0. The molecule has 2 aromatic carbocycles. The van der Waals surface area contributed by atoms with Crippen LogP contribution in [0.2, 0.25) is 0 Å². The summed E-state index contributed by atoms with van der Waals surface area (Å²) in [5.41, 5.74) is 4.50. The van der Waals surface area contributed by atoms with Crippen molar-refractivity contribution < 1.29 is 23.9 Å². The highest BCUT2D eigenvalue weighted by Gasteiger charge is 2.43. The molecule has 3 aliphatic rings. The zero-order valence-electron chi connectivity index (χ0n) is 19.2. The highest BCUT2D eigenvalue weighted by atomic mass is 16.8. The van der Waals surface area contributed by atoms with Gasteiger partial charge in [-0.15, -0.1) is 0 Å². The van der Waals surface area contributed by atoms with E-state index in [9.17, 15) is 9.59 Å². The Morgan fingerprint density at radius 2 is 1.94 bits per heavy atom. The lowest BCUT2D eigenvalue weighted by Crippen LogP contribution is -2.51. The van der Waals surface area contributed by atoms with Gasteiger partial charge in [-0.1, -0.05) is 24.3 Å². The van der Waals surface area contributed by atoms with Crippen LogP contribution in [0.3, 0.4) is 0 Å². The number of para-hydroxylation sites is 1. The zero-order chi connectivity index (χ0) is 23.4. The summed E-state index contributed by atoms with van der Waals surface area (Å²) < 4.78 is 11.8. The molecule has 2 aromatic rings. The van der Waals surface area contributed by atoms with E-state index in [0.29, 0.717) is 24.3 Å². The number of Topliss-reactive ketones (excluding diaryl/α,β-unsaturated/α-hetero) is 1. The fourth-order valence-electron chi connectivity index (χ4n) is 4.84. The van der Waals surface area contributed by atoms with Crippen molar-refractivity contribution in [3.05, 3.63) is 65.7 Å². The number of nitrogens with one attached hydrogen (secondary N) is 1. The highest BCUT2D eigenvalue weighted by molar-refractivity contribution is 6.01. The van der Waals surface area contributed by atoms with E-state index in [1.165, 1.54) is 11.8 Å². The Morgan fingerprint density at radius 3 is 2.71 bits per heavy atom. The minimum Gasteiger partial charge on any atom is -0.486 e. The number of hydrogen-bond acceptors (Lipinski definition) is 6. The normalized spacial score (nSPS) is 21.8. The van der Waals surface area contributed by atoms with Crippen molar-refractivity contribution in [3.63, 3.8) is 0 Å². The number of piperidine rings is 1. The van der Waals surface area contributed by atoms with Gasteiger partial charge < -0.3 is 14.4 Å². The summed E-state index contributed by atoms with van der Waals surface area (Å²) in [7, 11) is 0. The van der Waals surface area contributed by atoms with Crippen LogP contribution in [0.4, 0.5) is 5.69 Å². The molecule has 5 rings (SSSR count). The molecule has 1 spiro atoms. The third-order valence-electron chi connectivity index (χ3n) is 6.77. The second-order valence-electron chi connectivity index (χ2n) is 9.18. The maximum absolute atomic E-state index is 13.0. The Hall–Kier alpha value is -3.16. The Labute approximate surface area is 199 Å². The molecule has 178 valence electrons. The number of nitrogens with zero attached hydrogens (tertiary/aromatic N) is 1. The number of carbonyl (C=O) groups excluding carboxylic acids is 2. The average molecular weight is 463 g/mol. The van der Waals surface area contributed by atoms with Crippen molar-refractivity contribution in [2.24, 2.45) is 0 Å². The largest absolute Gasteiger partial charge is 0.486 e. The maximum atomic E-state index is 13.0. The van der Waals surface area contributed by atoms with Gasteiger partial charge in [-0.2, -0.15) is 0 Å². The molecule has 7 nitrogen and oxygen atoms in total. The molecule has 1 amide bonds. The fourth-order valence-corrected chi connectivity index (χ4v) is 4.84. The molecule has 3 aliphatic heterocycles. The van der Waals surface area contributed by atoms with Crippen LogP contribution >= 0.6 is 0 Å². The van der Waals surface area contributed by atoms with Crippen LogP contribution in [0.25, 0.3) is 6.08 Å². The van der Waals surface area contributed by atoms with Crippen molar-refractivity contribution >= 4 is 23.5 Å². The molecule has 1 atom stereocenters. The molecular weight excluding hydrogens is 432 g/mol. The van der Waals surface area contributed by atoms with Gasteiger partial charge in [-0.05, 0) is 48.7 Å². The summed E-state index contributed by atoms with van der Waals surface area (Å²) in [4.78, 5) is 32.8. The number of ketones is 1. The monoisotopic (exact) mass is 462 g/mol. The predicted molar refractivity (Wildman–Crippen MR) is 128 cm³/mol. The molecule has 0 saturated carbocycles. The number of amides is 1. The Morgan fingerprint density at radius 1 is 1.12 bits per heavy atom. The van der Waals surface area contributed by atoms with Gasteiger partial charge in [0.1, 0.15) is 11.4 Å². The van der Waals surface area contributed by atoms with Crippen LogP contribution in [-0.2, 0) is 14.4 Å². The molecule has 34 heavy (non-hydrogen) atoms. The number of carbonyl (C=O) groups is 2. The minimum absolute atomic E-state index is 0.0897. The molecule has 7 heteroatoms.